The minimum absolute atomic E-state index is 0.122. The second-order valence-corrected chi connectivity index (χ2v) is 6.87. The van der Waals surface area contributed by atoms with Gasteiger partial charge in [-0.3, -0.25) is 10.1 Å². The molecule has 120 valence electrons. The minimum Gasteiger partial charge on any atom is -0.495 e. The number of hydrogen-bond donors (Lipinski definition) is 0. The van der Waals surface area contributed by atoms with Crippen LogP contribution in [0.4, 0.5) is 11.4 Å². The highest BCUT2D eigenvalue weighted by Gasteiger charge is 2.41. The van der Waals surface area contributed by atoms with E-state index < -0.39 is 0 Å². The monoisotopic (exact) mass is 370 g/mol. The topological polar surface area (TPSA) is 64.8 Å². The van der Waals surface area contributed by atoms with Gasteiger partial charge >= 0.3 is 0 Å². The quantitative estimate of drug-likeness (QED) is 0.602. The molecule has 6 nitrogen and oxygen atoms in total. The predicted molar refractivity (Wildman–Crippen MR) is 86.7 cm³/mol. The molecule has 1 spiro atoms. The first-order valence-corrected chi connectivity index (χ1v) is 8.19. The number of nitro groups is 1. The van der Waals surface area contributed by atoms with E-state index in [9.17, 15) is 10.1 Å². The standard InChI is InChI=1S/C15H19BrN2O4/c1-21-14-9-12(13(18(19)20)8-11(14)16)17-5-2-15(10-17)3-6-22-7-4-15/h8-9H,2-7,10H2,1H3. The number of methoxy groups -OCH3 is 1. The summed E-state index contributed by atoms with van der Waals surface area (Å²) in [5.74, 6) is 0.619. The molecule has 0 bridgehead atoms. The molecule has 0 aliphatic carbocycles. The van der Waals surface area contributed by atoms with Gasteiger partial charge in [0.2, 0.25) is 0 Å². The molecule has 2 saturated heterocycles. The van der Waals surface area contributed by atoms with Crippen LogP contribution in [0.15, 0.2) is 16.6 Å². The zero-order chi connectivity index (χ0) is 15.7. The Labute approximate surface area is 137 Å². The summed E-state index contributed by atoms with van der Waals surface area (Å²) in [6.07, 6.45) is 3.13. The van der Waals surface area contributed by atoms with Crippen LogP contribution in [0.1, 0.15) is 19.3 Å². The number of benzene rings is 1. The van der Waals surface area contributed by atoms with E-state index in [0.29, 0.717) is 15.9 Å². The first kappa shape index (κ1) is 15.6. The zero-order valence-corrected chi connectivity index (χ0v) is 14.1. The SMILES string of the molecule is COc1cc(N2CCC3(CCOCC3)C2)c([N+](=O)[O-])cc1Br. The summed E-state index contributed by atoms with van der Waals surface area (Å²) < 4.78 is 11.4. The fourth-order valence-electron chi connectivity index (χ4n) is 3.44. The molecular formula is C15H19BrN2O4. The smallest absolute Gasteiger partial charge is 0.293 e. The zero-order valence-electron chi connectivity index (χ0n) is 12.5. The van der Waals surface area contributed by atoms with E-state index in [-0.39, 0.29) is 16.0 Å². The summed E-state index contributed by atoms with van der Waals surface area (Å²) in [6, 6.07) is 3.30. The lowest BCUT2D eigenvalue weighted by atomic mass is 9.80. The van der Waals surface area contributed by atoms with Gasteiger partial charge in [0.15, 0.2) is 0 Å². The van der Waals surface area contributed by atoms with Crippen LogP contribution < -0.4 is 9.64 Å². The Hall–Kier alpha value is -1.34. The molecule has 2 heterocycles. The number of anilines is 1. The number of nitrogens with zero attached hydrogens (tertiary/aromatic N) is 2. The Morgan fingerprint density at radius 2 is 2.09 bits per heavy atom. The lowest BCUT2D eigenvalue weighted by Gasteiger charge is -2.33. The van der Waals surface area contributed by atoms with E-state index in [4.69, 9.17) is 9.47 Å². The number of hydrogen-bond acceptors (Lipinski definition) is 5. The van der Waals surface area contributed by atoms with Gasteiger partial charge in [0, 0.05) is 38.4 Å². The second kappa shape index (κ2) is 6.04. The van der Waals surface area contributed by atoms with Gasteiger partial charge in [0.1, 0.15) is 11.4 Å². The molecule has 7 heteroatoms. The number of nitro benzene ring substituents is 1. The molecule has 0 amide bonds. The van der Waals surface area contributed by atoms with Crippen molar-refractivity contribution in [3.63, 3.8) is 0 Å². The van der Waals surface area contributed by atoms with Crippen molar-refractivity contribution in [2.24, 2.45) is 5.41 Å². The lowest BCUT2D eigenvalue weighted by molar-refractivity contribution is -0.384. The van der Waals surface area contributed by atoms with Crippen LogP contribution in [0, 0.1) is 15.5 Å². The van der Waals surface area contributed by atoms with Gasteiger partial charge in [-0.1, -0.05) is 0 Å². The van der Waals surface area contributed by atoms with E-state index in [2.05, 4.69) is 20.8 Å². The van der Waals surface area contributed by atoms with Crippen LogP contribution >= 0.6 is 15.9 Å². The Balaban J connectivity index is 1.92. The van der Waals surface area contributed by atoms with E-state index in [1.54, 1.807) is 13.2 Å². The van der Waals surface area contributed by atoms with Gasteiger partial charge in [-0.25, -0.2) is 0 Å². The van der Waals surface area contributed by atoms with Gasteiger partial charge < -0.3 is 14.4 Å². The highest BCUT2D eigenvalue weighted by atomic mass is 79.9. The van der Waals surface area contributed by atoms with E-state index >= 15 is 0 Å². The minimum atomic E-state index is -0.325. The lowest BCUT2D eigenvalue weighted by Crippen LogP contribution is -2.33. The number of halogens is 1. The first-order valence-electron chi connectivity index (χ1n) is 7.39. The van der Waals surface area contributed by atoms with Crippen molar-refractivity contribution in [2.75, 3.05) is 38.3 Å². The molecule has 0 N–H and O–H groups in total. The Morgan fingerprint density at radius 3 is 2.73 bits per heavy atom. The van der Waals surface area contributed by atoms with Crippen LogP contribution in [-0.4, -0.2) is 38.3 Å². The maximum Gasteiger partial charge on any atom is 0.293 e. The third-order valence-corrected chi connectivity index (χ3v) is 5.40. The summed E-state index contributed by atoms with van der Waals surface area (Å²) in [6.45, 7) is 3.27. The average Bonchev–Trinajstić information content (AvgIpc) is 2.91. The maximum absolute atomic E-state index is 11.4. The largest absolute Gasteiger partial charge is 0.495 e. The van der Waals surface area contributed by atoms with Crippen molar-refractivity contribution in [2.45, 2.75) is 19.3 Å². The Bertz CT molecular complexity index is 587. The normalized spacial score (nSPS) is 20.4. The number of rotatable bonds is 3. The van der Waals surface area contributed by atoms with E-state index in [1.165, 1.54) is 6.07 Å². The molecule has 0 aromatic heterocycles. The van der Waals surface area contributed by atoms with Crippen LogP contribution in [0.5, 0.6) is 5.75 Å². The maximum atomic E-state index is 11.4. The molecule has 1 aromatic carbocycles. The summed E-state index contributed by atoms with van der Waals surface area (Å²) >= 11 is 3.32. The summed E-state index contributed by atoms with van der Waals surface area (Å²) in [5.41, 5.74) is 1.01. The molecule has 2 fully saturated rings. The van der Waals surface area contributed by atoms with Gasteiger partial charge in [0.25, 0.3) is 5.69 Å². The molecule has 0 unspecified atom stereocenters. The van der Waals surface area contributed by atoms with Crippen molar-refractivity contribution in [1.82, 2.24) is 0 Å². The average molecular weight is 371 g/mol. The van der Waals surface area contributed by atoms with Gasteiger partial charge in [-0.15, -0.1) is 0 Å². The van der Waals surface area contributed by atoms with Gasteiger partial charge in [-0.2, -0.15) is 0 Å². The van der Waals surface area contributed by atoms with E-state index in [1.807, 2.05) is 0 Å². The molecule has 3 rings (SSSR count). The van der Waals surface area contributed by atoms with Crippen LogP contribution in [0.3, 0.4) is 0 Å². The summed E-state index contributed by atoms with van der Waals surface area (Å²) in [5, 5.41) is 11.4. The number of ether oxygens (including phenoxy) is 2. The van der Waals surface area contributed by atoms with Gasteiger partial charge in [-0.05, 0) is 40.6 Å². The third kappa shape index (κ3) is 2.79. The van der Waals surface area contributed by atoms with Crippen molar-refractivity contribution in [3.8, 4) is 5.75 Å². The molecular weight excluding hydrogens is 352 g/mol. The molecule has 22 heavy (non-hydrogen) atoms. The third-order valence-electron chi connectivity index (χ3n) is 4.78. The first-order chi connectivity index (χ1) is 10.5. The predicted octanol–water partition coefficient (Wildman–Crippen LogP) is 3.37. The van der Waals surface area contributed by atoms with Crippen molar-refractivity contribution in [1.29, 1.82) is 0 Å². The molecule has 0 saturated carbocycles. The van der Waals surface area contributed by atoms with E-state index in [0.717, 1.165) is 45.6 Å². The fraction of sp³-hybridized carbons (Fsp3) is 0.600. The Kier molecular flexibility index (Phi) is 4.27. The van der Waals surface area contributed by atoms with Crippen LogP contribution in [0.25, 0.3) is 0 Å². The summed E-state index contributed by atoms with van der Waals surface area (Å²) in [7, 11) is 1.57. The molecule has 1 aromatic rings. The molecule has 2 aliphatic heterocycles. The van der Waals surface area contributed by atoms with Crippen LogP contribution in [0.2, 0.25) is 0 Å². The Morgan fingerprint density at radius 1 is 1.36 bits per heavy atom. The highest BCUT2D eigenvalue weighted by molar-refractivity contribution is 9.10. The molecule has 0 atom stereocenters. The van der Waals surface area contributed by atoms with Gasteiger partial charge in [0.05, 0.1) is 16.5 Å². The fourth-order valence-corrected chi connectivity index (χ4v) is 3.93. The van der Waals surface area contributed by atoms with Crippen LogP contribution in [-0.2, 0) is 4.74 Å². The molecule has 0 radical (unpaired) electrons. The van der Waals surface area contributed by atoms with Crippen molar-refractivity contribution in [3.05, 3.63) is 26.7 Å². The second-order valence-electron chi connectivity index (χ2n) is 6.02. The van der Waals surface area contributed by atoms with Crippen molar-refractivity contribution >= 4 is 27.3 Å². The molecule has 2 aliphatic rings. The summed E-state index contributed by atoms with van der Waals surface area (Å²) in [4.78, 5) is 13.2. The highest BCUT2D eigenvalue weighted by Crippen LogP contribution is 2.45. The van der Waals surface area contributed by atoms with Crippen molar-refractivity contribution < 1.29 is 14.4 Å².